The highest BCUT2D eigenvalue weighted by Crippen LogP contribution is 2.41. The number of likely N-dealkylation sites (tertiary alicyclic amines) is 1. The summed E-state index contributed by atoms with van der Waals surface area (Å²) in [6.07, 6.45) is 0.00484. The number of ether oxygens (including phenoxy) is 1. The van der Waals surface area contributed by atoms with E-state index < -0.39 is 17.7 Å². The van der Waals surface area contributed by atoms with Crippen LogP contribution in [-0.2, 0) is 9.59 Å². The third-order valence-electron chi connectivity index (χ3n) is 5.85. The SMILES string of the molecule is CCN(CC)CCN1C(=O)C(=O)/C(=C(/O)c2ccc(OC(C)C)cc2)C1c1ccc(Cl)c(Cl)c1. The van der Waals surface area contributed by atoms with Gasteiger partial charge in [0.15, 0.2) is 0 Å². The van der Waals surface area contributed by atoms with Gasteiger partial charge in [-0.2, -0.15) is 0 Å². The molecule has 1 amide bonds. The second kappa shape index (κ2) is 11.3. The summed E-state index contributed by atoms with van der Waals surface area (Å²) in [5, 5.41) is 11.9. The molecule has 1 unspecified atom stereocenters. The minimum atomic E-state index is -0.781. The molecule has 0 spiro atoms. The number of Topliss-reactive ketones (excluding diaryl/α,β-unsaturated/α-hetero) is 1. The fourth-order valence-electron chi connectivity index (χ4n) is 4.05. The Labute approximate surface area is 210 Å². The molecule has 182 valence electrons. The zero-order chi connectivity index (χ0) is 25.0. The minimum absolute atomic E-state index is 0.00484. The lowest BCUT2D eigenvalue weighted by Crippen LogP contribution is -2.38. The number of carbonyl (C=O) groups excluding carboxylic acids is 2. The Morgan fingerprint density at radius 2 is 1.71 bits per heavy atom. The zero-order valence-corrected chi connectivity index (χ0v) is 21.4. The average molecular weight is 505 g/mol. The summed E-state index contributed by atoms with van der Waals surface area (Å²) in [6, 6.07) is 11.0. The van der Waals surface area contributed by atoms with E-state index in [0.717, 1.165) is 13.1 Å². The Balaban J connectivity index is 2.07. The Hall–Kier alpha value is -2.54. The van der Waals surface area contributed by atoms with Crippen LogP contribution in [0.15, 0.2) is 48.0 Å². The molecule has 2 aromatic carbocycles. The molecular formula is C26H30Cl2N2O4. The Kier molecular flexibility index (Phi) is 8.63. The van der Waals surface area contributed by atoms with Crippen molar-refractivity contribution in [2.24, 2.45) is 0 Å². The monoisotopic (exact) mass is 504 g/mol. The smallest absolute Gasteiger partial charge is 0.295 e. The number of carbonyl (C=O) groups is 2. The molecule has 1 fully saturated rings. The van der Waals surface area contributed by atoms with Crippen molar-refractivity contribution < 1.29 is 19.4 Å². The first-order valence-corrected chi connectivity index (χ1v) is 12.2. The number of aliphatic hydroxyl groups excluding tert-OH is 1. The lowest BCUT2D eigenvalue weighted by Gasteiger charge is -2.28. The van der Waals surface area contributed by atoms with Crippen LogP contribution in [0.1, 0.15) is 44.9 Å². The van der Waals surface area contributed by atoms with Gasteiger partial charge in [0.2, 0.25) is 0 Å². The Morgan fingerprint density at radius 1 is 1.06 bits per heavy atom. The van der Waals surface area contributed by atoms with Gasteiger partial charge in [-0.1, -0.05) is 43.1 Å². The van der Waals surface area contributed by atoms with Crippen LogP contribution < -0.4 is 4.74 Å². The Bertz CT molecular complexity index is 1080. The van der Waals surface area contributed by atoms with Crippen molar-refractivity contribution in [1.82, 2.24) is 9.80 Å². The molecule has 3 rings (SSSR count). The molecule has 0 saturated carbocycles. The van der Waals surface area contributed by atoms with Gasteiger partial charge in [-0.3, -0.25) is 9.59 Å². The normalized spacial score (nSPS) is 17.8. The molecule has 1 aliphatic heterocycles. The number of ketones is 1. The van der Waals surface area contributed by atoms with Gasteiger partial charge in [0.25, 0.3) is 11.7 Å². The highest BCUT2D eigenvalue weighted by Gasteiger charge is 2.46. The van der Waals surface area contributed by atoms with Crippen molar-refractivity contribution in [3.05, 3.63) is 69.2 Å². The zero-order valence-electron chi connectivity index (χ0n) is 19.8. The number of nitrogens with zero attached hydrogens (tertiary/aromatic N) is 2. The first kappa shape index (κ1) is 26.1. The van der Waals surface area contributed by atoms with E-state index in [1.807, 2.05) is 27.7 Å². The van der Waals surface area contributed by atoms with Gasteiger partial charge in [-0.05, 0) is 68.9 Å². The van der Waals surface area contributed by atoms with E-state index in [4.69, 9.17) is 27.9 Å². The maximum Gasteiger partial charge on any atom is 0.295 e. The fourth-order valence-corrected chi connectivity index (χ4v) is 4.35. The largest absolute Gasteiger partial charge is 0.507 e. The second-order valence-electron chi connectivity index (χ2n) is 8.38. The maximum atomic E-state index is 13.2. The summed E-state index contributed by atoms with van der Waals surface area (Å²) in [5.74, 6) is -0.969. The standard InChI is InChI=1S/C26H30Cl2N2O4/c1-5-29(6-2)13-14-30-23(18-9-12-20(27)21(28)15-18)22(25(32)26(30)33)24(31)17-7-10-19(11-8-17)34-16(3)4/h7-12,15-16,23,31H,5-6,13-14H2,1-4H3/b24-22+. The van der Waals surface area contributed by atoms with E-state index in [9.17, 15) is 14.7 Å². The number of benzene rings is 2. The molecule has 1 N–H and O–H groups in total. The first-order chi connectivity index (χ1) is 16.2. The van der Waals surface area contributed by atoms with Crippen molar-refractivity contribution >= 4 is 40.7 Å². The van der Waals surface area contributed by atoms with Crippen molar-refractivity contribution in [2.75, 3.05) is 26.2 Å². The van der Waals surface area contributed by atoms with Crippen LogP contribution in [0.5, 0.6) is 5.75 Å². The van der Waals surface area contributed by atoms with Gasteiger partial charge in [-0.25, -0.2) is 0 Å². The van der Waals surface area contributed by atoms with Crippen molar-refractivity contribution in [3.8, 4) is 5.75 Å². The van der Waals surface area contributed by atoms with E-state index in [2.05, 4.69) is 4.90 Å². The van der Waals surface area contributed by atoms with Crippen LogP contribution in [0.2, 0.25) is 10.0 Å². The van der Waals surface area contributed by atoms with Gasteiger partial charge in [0, 0.05) is 18.7 Å². The van der Waals surface area contributed by atoms with Crippen LogP contribution in [0.3, 0.4) is 0 Å². The summed E-state index contributed by atoms with van der Waals surface area (Å²) in [4.78, 5) is 29.9. The van der Waals surface area contributed by atoms with Gasteiger partial charge in [-0.15, -0.1) is 0 Å². The Morgan fingerprint density at radius 3 is 2.26 bits per heavy atom. The molecule has 6 nitrogen and oxygen atoms in total. The molecular weight excluding hydrogens is 475 g/mol. The van der Waals surface area contributed by atoms with E-state index in [1.54, 1.807) is 42.5 Å². The molecule has 1 aliphatic rings. The molecule has 0 bridgehead atoms. The quantitative estimate of drug-likeness (QED) is 0.275. The van der Waals surface area contributed by atoms with Crippen molar-refractivity contribution in [1.29, 1.82) is 0 Å². The third kappa shape index (κ3) is 5.57. The van der Waals surface area contributed by atoms with Crippen molar-refractivity contribution in [3.63, 3.8) is 0 Å². The summed E-state index contributed by atoms with van der Waals surface area (Å²) in [6.45, 7) is 10.5. The van der Waals surface area contributed by atoms with Gasteiger partial charge < -0.3 is 19.6 Å². The molecule has 0 aromatic heterocycles. The molecule has 34 heavy (non-hydrogen) atoms. The number of halogens is 2. The predicted octanol–water partition coefficient (Wildman–Crippen LogP) is 5.54. The number of likely N-dealkylation sites (N-methyl/N-ethyl adjacent to an activating group) is 1. The molecule has 1 saturated heterocycles. The lowest BCUT2D eigenvalue weighted by atomic mass is 9.95. The number of rotatable bonds is 9. The third-order valence-corrected chi connectivity index (χ3v) is 6.59. The number of aliphatic hydroxyl groups is 1. The number of amides is 1. The lowest BCUT2D eigenvalue weighted by molar-refractivity contribution is -0.140. The topological polar surface area (TPSA) is 70.1 Å². The molecule has 1 heterocycles. The minimum Gasteiger partial charge on any atom is -0.507 e. The van der Waals surface area contributed by atoms with E-state index in [0.29, 0.717) is 40.0 Å². The second-order valence-corrected chi connectivity index (χ2v) is 9.20. The fraction of sp³-hybridized carbons (Fsp3) is 0.385. The van der Waals surface area contributed by atoms with Crippen LogP contribution in [0, 0.1) is 0 Å². The maximum absolute atomic E-state index is 13.2. The summed E-state index contributed by atoms with van der Waals surface area (Å²) >= 11 is 12.4. The van der Waals surface area contributed by atoms with E-state index >= 15 is 0 Å². The van der Waals surface area contributed by atoms with Crippen LogP contribution >= 0.6 is 23.2 Å². The summed E-state index contributed by atoms with van der Waals surface area (Å²) in [7, 11) is 0. The molecule has 0 radical (unpaired) electrons. The number of hydrogen-bond donors (Lipinski definition) is 1. The van der Waals surface area contributed by atoms with Crippen LogP contribution in [0.25, 0.3) is 5.76 Å². The van der Waals surface area contributed by atoms with Crippen molar-refractivity contribution in [2.45, 2.75) is 39.8 Å². The van der Waals surface area contributed by atoms with Crippen LogP contribution in [-0.4, -0.2) is 58.9 Å². The van der Waals surface area contributed by atoms with Gasteiger partial charge in [0.1, 0.15) is 11.5 Å². The molecule has 8 heteroatoms. The summed E-state index contributed by atoms with van der Waals surface area (Å²) in [5.41, 5.74) is 1.05. The predicted molar refractivity (Wildman–Crippen MR) is 135 cm³/mol. The summed E-state index contributed by atoms with van der Waals surface area (Å²) < 4.78 is 5.66. The van der Waals surface area contributed by atoms with Crippen LogP contribution in [0.4, 0.5) is 0 Å². The molecule has 0 aliphatic carbocycles. The first-order valence-electron chi connectivity index (χ1n) is 11.4. The highest BCUT2D eigenvalue weighted by atomic mass is 35.5. The molecule has 1 atom stereocenters. The van der Waals surface area contributed by atoms with Gasteiger partial charge >= 0.3 is 0 Å². The highest BCUT2D eigenvalue weighted by molar-refractivity contribution is 6.46. The van der Waals surface area contributed by atoms with Gasteiger partial charge in [0.05, 0.1) is 27.8 Å². The van der Waals surface area contributed by atoms with E-state index in [1.165, 1.54) is 4.90 Å². The average Bonchev–Trinajstić information content (AvgIpc) is 3.06. The molecule has 2 aromatic rings. The number of hydrogen-bond acceptors (Lipinski definition) is 5. The van der Waals surface area contributed by atoms with E-state index in [-0.39, 0.29) is 17.4 Å².